The Morgan fingerprint density at radius 2 is 1.70 bits per heavy atom. The first kappa shape index (κ1) is 23.1. The summed E-state index contributed by atoms with van der Waals surface area (Å²) in [5.74, 6) is -0.477. The van der Waals surface area contributed by atoms with Gasteiger partial charge >= 0.3 is 6.18 Å². The molecule has 0 saturated carbocycles. The van der Waals surface area contributed by atoms with Crippen molar-refractivity contribution in [1.82, 2.24) is 14.6 Å². The van der Waals surface area contributed by atoms with E-state index in [1.165, 1.54) is 12.1 Å². The summed E-state index contributed by atoms with van der Waals surface area (Å²) in [5, 5.41) is 6.67. The molecule has 1 N–H and O–H groups in total. The number of nitrogens with zero attached hydrogens (tertiary/aromatic N) is 3. The van der Waals surface area contributed by atoms with E-state index in [9.17, 15) is 18.0 Å². The summed E-state index contributed by atoms with van der Waals surface area (Å²) in [6.07, 6.45) is -3.69. The Morgan fingerprint density at radius 1 is 1.06 bits per heavy atom. The Morgan fingerprint density at radius 3 is 2.27 bits per heavy atom. The average Bonchev–Trinajstić information content (AvgIpc) is 3.19. The van der Waals surface area contributed by atoms with Gasteiger partial charge in [0.05, 0.1) is 27.6 Å². The van der Waals surface area contributed by atoms with Gasteiger partial charge in [-0.25, -0.2) is 9.50 Å². The van der Waals surface area contributed by atoms with Gasteiger partial charge in [-0.15, -0.1) is 0 Å². The zero-order chi connectivity index (χ0) is 23.9. The lowest BCUT2D eigenvalue weighted by Crippen LogP contribution is -2.16. The number of hydrogen-bond acceptors (Lipinski definition) is 3. The fourth-order valence-electron chi connectivity index (χ4n) is 3.31. The smallest absolute Gasteiger partial charge is 0.319 e. The molecule has 0 atom stereocenters. The van der Waals surface area contributed by atoms with Crippen molar-refractivity contribution in [1.29, 1.82) is 0 Å². The predicted octanol–water partition coefficient (Wildman–Crippen LogP) is 7.10. The molecule has 0 aliphatic heterocycles. The molecule has 2 aromatic carbocycles. The largest absolute Gasteiger partial charge is 0.433 e. The van der Waals surface area contributed by atoms with E-state index in [-0.39, 0.29) is 38.6 Å². The number of nitrogens with one attached hydrogen (secondary N) is 1. The van der Waals surface area contributed by atoms with Gasteiger partial charge in [-0.2, -0.15) is 18.3 Å². The highest BCUT2D eigenvalue weighted by Crippen LogP contribution is 2.34. The lowest BCUT2D eigenvalue weighted by atomic mass is 10.0. The number of amides is 1. The molecule has 0 bridgehead atoms. The third-order valence-corrected chi connectivity index (χ3v) is 5.71. The van der Waals surface area contributed by atoms with Crippen molar-refractivity contribution in [3.8, 4) is 11.3 Å². The van der Waals surface area contributed by atoms with Gasteiger partial charge in [0.15, 0.2) is 11.3 Å². The van der Waals surface area contributed by atoms with E-state index in [4.69, 9.17) is 23.2 Å². The van der Waals surface area contributed by atoms with E-state index >= 15 is 0 Å². The molecule has 0 aliphatic rings. The molecular formula is C23H17Cl2F3N4O. The third-order valence-electron chi connectivity index (χ3n) is 5.08. The second-order valence-electron chi connectivity index (χ2n) is 7.65. The summed E-state index contributed by atoms with van der Waals surface area (Å²) >= 11 is 12.2. The molecule has 2 heterocycles. The normalized spacial score (nSPS) is 11.9. The summed E-state index contributed by atoms with van der Waals surface area (Å²) in [4.78, 5) is 17.3. The first-order valence-electron chi connectivity index (χ1n) is 9.88. The van der Waals surface area contributed by atoms with Crippen LogP contribution in [0.4, 0.5) is 18.9 Å². The van der Waals surface area contributed by atoms with Crippen molar-refractivity contribution in [3.63, 3.8) is 0 Å². The fraction of sp³-hybridized carbons (Fsp3) is 0.174. The summed E-state index contributed by atoms with van der Waals surface area (Å²) in [6.45, 7) is 4.03. The molecule has 10 heteroatoms. The van der Waals surface area contributed by atoms with Crippen molar-refractivity contribution in [2.45, 2.75) is 25.9 Å². The number of alkyl halides is 3. The van der Waals surface area contributed by atoms with Crippen LogP contribution in [-0.2, 0) is 6.18 Å². The number of fused-ring (bicyclic) bond motifs is 1. The highest BCUT2D eigenvalue weighted by molar-refractivity contribution is 6.40. The van der Waals surface area contributed by atoms with Crippen molar-refractivity contribution >= 4 is 40.4 Å². The Hall–Kier alpha value is -3.10. The van der Waals surface area contributed by atoms with Crippen LogP contribution in [0, 0.1) is 0 Å². The molecule has 4 rings (SSSR count). The molecule has 33 heavy (non-hydrogen) atoms. The van der Waals surface area contributed by atoms with Crippen molar-refractivity contribution in [2.24, 2.45) is 0 Å². The number of rotatable bonds is 4. The maximum Gasteiger partial charge on any atom is 0.433 e. The lowest BCUT2D eigenvalue weighted by Gasteiger charge is -2.13. The zero-order valence-corrected chi connectivity index (χ0v) is 18.9. The van der Waals surface area contributed by atoms with Crippen LogP contribution in [0.5, 0.6) is 0 Å². The highest BCUT2D eigenvalue weighted by Gasteiger charge is 2.36. The molecule has 0 saturated heterocycles. The molecule has 0 spiro atoms. The van der Waals surface area contributed by atoms with Gasteiger partial charge < -0.3 is 5.32 Å². The Labute approximate surface area is 197 Å². The van der Waals surface area contributed by atoms with E-state index in [1.807, 2.05) is 26.0 Å². The predicted molar refractivity (Wildman–Crippen MR) is 122 cm³/mol. The number of carbonyl (C=O) groups is 1. The molecule has 0 radical (unpaired) electrons. The quantitative estimate of drug-likeness (QED) is 0.330. The standard InChI is InChI=1S/C23H17Cl2F3N4O/c1-12(2)13-6-8-14(9-7-13)18-10-19(23(26,27)28)32-21(30-18)15(11-29-32)22(33)31-20-16(24)4-3-5-17(20)25/h3-12H,1-2H3,(H,31,33). The number of halogens is 5. The monoisotopic (exact) mass is 492 g/mol. The van der Waals surface area contributed by atoms with Gasteiger partial charge in [-0.1, -0.05) is 67.4 Å². The van der Waals surface area contributed by atoms with E-state index < -0.39 is 17.8 Å². The number of carbonyl (C=O) groups excluding carboxylic acids is 1. The number of benzene rings is 2. The molecule has 5 nitrogen and oxygen atoms in total. The minimum Gasteiger partial charge on any atom is -0.319 e. The fourth-order valence-corrected chi connectivity index (χ4v) is 3.80. The van der Waals surface area contributed by atoms with Gasteiger partial charge in [-0.05, 0) is 29.7 Å². The molecule has 1 amide bonds. The lowest BCUT2D eigenvalue weighted by molar-refractivity contribution is -0.142. The van der Waals surface area contributed by atoms with Crippen LogP contribution in [0.3, 0.4) is 0 Å². The summed E-state index contributed by atoms with van der Waals surface area (Å²) < 4.78 is 42.1. The average molecular weight is 493 g/mol. The van der Waals surface area contributed by atoms with Crippen LogP contribution < -0.4 is 5.32 Å². The van der Waals surface area contributed by atoms with Gasteiger partial charge in [0.25, 0.3) is 5.91 Å². The van der Waals surface area contributed by atoms with E-state index in [2.05, 4.69) is 15.4 Å². The van der Waals surface area contributed by atoms with Crippen molar-refractivity contribution < 1.29 is 18.0 Å². The van der Waals surface area contributed by atoms with E-state index in [0.717, 1.165) is 17.8 Å². The summed E-state index contributed by atoms with van der Waals surface area (Å²) in [6, 6.07) is 12.6. The van der Waals surface area contributed by atoms with Crippen LogP contribution >= 0.6 is 23.2 Å². The van der Waals surface area contributed by atoms with Crippen LogP contribution in [0.25, 0.3) is 16.9 Å². The Bertz CT molecular complexity index is 1330. The topological polar surface area (TPSA) is 59.3 Å². The number of hydrogen-bond donors (Lipinski definition) is 1. The number of aromatic nitrogens is 3. The maximum atomic E-state index is 13.8. The number of anilines is 1. The molecule has 0 aliphatic carbocycles. The molecule has 0 unspecified atom stereocenters. The second kappa shape index (κ2) is 8.68. The van der Waals surface area contributed by atoms with Crippen LogP contribution in [0.2, 0.25) is 10.0 Å². The van der Waals surface area contributed by atoms with Gasteiger partial charge in [0.1, 0.15) is 5.56 Å². The maximum absolute atomic E-state index is 13.8. The van der Waals surface area contributed by atoms with Crippen LogP contribution in [0.15, 0.2) is 54.7 Å². The first-order valence-corrected chi connectivity index (χ1v) is 10.6. The highest BCUT2D eigenvalue weighted by atomic mass is 35.5. The Balaban J connectivity index is 1.84. The number of para-hydroxylation sites is 1. The second-order valence-corrected chi connectivity index (χ2v) is 8.46. The van der Waals surface area contributed by atoms with Gasteiger partial charge in [0.2, 0.25) is 0 Å². The zero-order valence-electron chi connectivity index (χ0n) is 17.4. The van der Waals surface area contributed by atoms with E-state index in [0.29, 0.717) is 10.1 Å². The van der Waals surface area contributed by atoms with Crippen LogP contribution in [-0.4, -0.2) is 20.5 Å². The summed E-state index contributed by atoms with van der Waals surface area (Å²) in [5.41, 5.74) is 0.277. The minimum atomic E-state index is -4.72. The van der Waals surface area contributed by atoms with Crippen LogP contribution in [0.1, 0.15) is 41.4 Å². The van der Waals surface area contributed by atoms with E-state index in [1.54, 1.807) is 18.2 Å². The van der Waals surface area contributed by atoms with Crippen molar-refractivity contribution in [2.75, 3.05) is 5.32 Å². The Kier molecular flexibility index (Phi) is 6.07. The van der Waals surface area contributed by atoms with Gasteiger partial charge in [-0.3, -0.25) is 4.79 Å². The molecular weight excluding hydrogens is 476 g/mol. The molecule has 4 aromatic rings. The molecule has 2 aromatic heterocycles. The minimum absolute atomic E-state index is 0.0652. The SMILES string of the molecule is CC(C)c1ccc(-c2cc(C(F)(F)F)n3ncc(C(=O)Nc4c(Cl)cccc4Cl)c3n2)cc1. The molecule has 0 fully saturated rings. The van der Waals surface area contributed by atoms with Gasteiger partial charge in [0, 0.05) is 5.56 Å². The summed E-state index contributed by atoms with van der Waals surface area (Å²) in [7, 11) is 0. The van der Waals surface area contributed by atoms with Crippen molar-refractivity contribution in [3.05, 3.63) is 81.6 Å². The third kappa shape index (κ3) is 4.54. The first-order chi connectivity index (χ1) is 15.6. The molecule has 170 valence electrons.